The number of carbonyl (C=O) groups is 4. The zero-order valence-corrected chi connectivity index (χ0v) is 83.3. The number of nitrogen functional groups attached to an aromatic ring is 4. The zero-order chi connectivity index (χ0) is 106. The number of aryl methyl sites for hydroxylation is 1. The number of amides is 4. The number of alkyl halides is 6. The van der Waals surface area contributed by atoms with Crippen molar-refractivity contribution in [2.24, 2.45) is 0 Å². The fraction of sp³-hybridized carbons (Fsp3) is 0.292. The van der Waals surface area contributed by atoms with E-state index in [-0.39, 0.29) is 163 Å². The second-order valence-corrected chi connectivity index (χ2v) is 38.2. The Morgan fingerprint density at radius 1 is 0.426 bits per heavy atom. The molecule has 12 aromatic rings. The molecule has 20 rings (SSSR count). The van der Waals surface area contributed by atoms with E-state index in [2.05, 4.69) is 66.5 Å². The number of piperazine rings is 4. The van der Waals surface area contributed by atoms with E-state index in [9.17, 15) is 74.4 Å². The van der Waals surface area contributed by atoms with Gasteiger partial charge in [-0.3, -0.25) is 52.1 Å². The molecule has 9 N–H and O–H groups in total. The van der Waals surface area contributed by atoms with Gasteiger partial charge in [-0.15, -0.1) is 0 Å². The van der Waals surface area contributed by atoms with Gasteiger partial charge in [0.25, 0.3) is 22.2 Å². The highest BCUT2D eigenvalue weighted by atomic mass is 35.5. The van der Waals surface area contributed by atoms with Gasteiger partial charge in [0.15, 0.2) is 40.5 Å². The first-order chi connectivity index (χ1) is 70.4. The van der Waals surface area contributed by atoms with Gasteiger partial charge in [0.1, 0.15) is 56.2 Å². The molecule has 4 fully saturated rings. The highest BCUT2D eigenvalue weighted by Crippen LogP contribution is 2.50. The number of hydrogen-bond donors (Lipinski definition) is 5. The predicted octanol–water partition coefficient (Wildman–Crippen LogP) is 15.7. The molecule has 5 unspecified atom stereocenters. The molecule has 148 heavy (non-hydrogen) atoms. The van der Waals surface area contributed by atoms with Crippen molar-refractivity contribution in [3.05, 3.63) is 246 Å². The first kappa shape index (κ1) is 105. The topological polar surface area (TPSA) is 414 Å². The summed E-state index contributed by atoms with van der Waals surface area (Å²) in [6, 6.07) is 8.08. The minimum absolute atomic E-state index is 0.00623. The van der Waals surface area contributed by atoms with Crippen molar-refractivity contribution in [3.63, 3.8) is 0 Å². The molecule has 0 aliphatic carbocycles. The quantitative estimate of drug-likeness (QED) is 0.0388. The highest BCUT2D eigenvalue weighted by Gasteiger charge is 2.46. The van der Waals surface area contributed by atoms with Crippen LogP contribution in [0.15, 0.2) is 143 Å². The molecule has 4 aromatic carbocycles. The maximum atomic E-state index is 15.2. The number of hydrogen-bond acceptors (Lipinski definition) is 26. The van der Waals surface area contributed by atoms with E-state index in [4.69, 9.17) is 130 Å². The zero-order valence-electron chi connectivity index (χ0n) is 77.2. The number of benzene rings is 4. The molecule has 34 nitrogen and oxygen atoms in total. The van der Waals surface area contributed by atoms with E-state index in [0.717, 1.165) is 45.3 Å². The summed E-state index contributed by atoms with van der Waals surface area (Å²) in [4.78, 5) is 135. The Bertz CT molecular complexity index is 7850. The second kappa shape index (κ2) is 41.5. The summed E-state index contributed by atoms with van der Waals surface area (Å²) in [6.07, 6.45) is 3.88. The summed E-state index contributed by atoms with van der Waals surface area (Å²) in [5.41, 5.74) is 15.1. The van der Waals surface area contributed by atoms with Gasteiger partial charge in [0.2, 0.25) is 23.6 Å². The number of nitrogens with one attached hydrogen (secondary N) is 1. The van der Waals surface area contributed by atoms with Crippen LogP contribution in [-0.4, -0.2) is 215 Å². The lowest BCUT2D eigenvalue weighted by molar-refractivity contribution is -0.143. The molecule has 52 heteroatoms. The van der Waals surface area contributed by atoms with Crippen molar-refractivity contribution >= 4 is 211 Å². The van der Waals surface area contributed by atoms with Gasteiger partial charge in [0.05, 0.1) is 184 Å². The van der Waals surface area contributed by atoms with Gasteiger partial charge in [-0.1, -0.05) is 119 Å². The molecule has 16 heterocycles. The fourth-order valence-electron chi connectivity index (χ4n) is 19.7. The lowest BCUT2D eigenvalue weighted by Gasteiger charge is -2.46. The van der Waals surface area contributed by atoms with Crippen molar-refractivity contribution in [1.29, 1.82) is 5.26 Å². The molecule has 8 aromatic heterocycles. The second-order valence-electron chi connectivity index (χ2n) is 34.9. The fourth-order valence-corrected chi connectivity index (χ4v) is 21.5. The summed E-state index contributed by atoms with van der Waals surface area (Å²) in [5.74, 6) is -4.19. The number of pyridine rings is 7. The lowest BCUT2D eigenvalue weighted by atomic mass is 10.00. The number of carbonyl (C=O) groups excluding carboxylic acids is 4. The molecule has 5 atom stereocenters. The van der Waals surface area contributed by atoms with Crippen LogP contribution in [0.1, 0.15) is 49.2 Å². The molecule has 0 radical (unpaired) electrons. The Morgan fingerprint density at radius 3 is 1.18 bits per heavy atom. The minimum Gasteiger partial charge on any atom is -0.490 e. The number of ether oxygens (including phenoxy) is 3. The molecule has 0 bridgehead atoms. The standard InChI is InChI=1S/C26H20Cl2F4N6O3.C24H20Cl2F4N6O2.C24H22Cl2FN5O3.C22H19Cl2FN6O3/c1-2-19(39)36-10-13-4-6-41-17-9-35-22-14(23(17)37(13)11-12(36)3-5-33)7-18(26(30,31)32)38(25(22)40)24-20(29)15(27)8-16(28)21(24)34;1-2-17(37)34-5-6-35-11(10-34)3-4-32-15-9-33-20-12(21(15)35)7-16(24(28,29)30)36(23(20)38)22-18(27)13(25)8-14(26)19(22)31;1-3-18(33)30-5-6-31-13(11-30)4-7-35-17-10-29-21-14(22(17)31)8-12(2)32(24(21)34)23-19(27)15(25)9-16(26)20(23)28;1-2-16(32)29-4-5-30-11(10-29)3-6-34-15-9-27-19-12(20(15)30)8-28-31(22(19)33)21-17(25)13(23)7-14(24)18(21)26/h2,7-9,12-13H,1,3-4,6,10-11,34H2;2,7-9,11,32H,1,3-6,10,31H2;3,8-10,13H,1,4-7,11,28H2,2H3;2,7-9,11H,1,3-6,10,26H2. The van der Waals surface area contributed by atoms with E-state index in [1.54, 1.807) is 32.6 Å². The third-order valence-electron chi connectivity index (χ3n) is 26.6. The monoisotopic (exact) mass is 2200 g/mol. The van der Waals surface area contributed by atoms with Crippen LogP contribution >= 0.6 is 92.8 Å². The molecule has 0 spiro atoms. The summed E-state index contributed by atoms with van der Waals surface area (Å²) in [7, 11) is 0. The Labute approximate surface area is 871 Å². The normalized spacial score (nSPS) is 17.8. The number of halogens is 18. The van der Waals surface area contributed by atoms with Crippen molar-refractivity contribution in [2.75, 3.05) is 146 Å². The molecule has 772 valence electrons. The van der Waals surface area contributed by atoms with E-state index < -0.39 is 126 Å². The largest absolute Gasteiger partial charge is 0.490 e. The van der Waals surface area contributed by atoms with E-state index in [0.29, 0.717) is 155 Å². The van der Waals surface area contributed by atoms with Gasteiger partial charge >= 0.3 is 12.4 Å². The van der Waals surface area contributed by atoms with Gasteiger partial charge in [-0.05, 0) is 80.1 Å². The number of fused-ring (bicyclic) bond motifs is 20. The Hall–Kier alpha value is -14.2. The number of nitriles is 1. The number of aromatic nitrogens is 9. The Kier molecular flexibility index (Phi) is 29.5. The smallest absolute Gasteiger partial charge is 0.431 e. The van der Waals surface area contributed by atoms with Crippen LogP contribution in [0, 0.1) is 41.5 Å². The average molecular weight is 2210 g/mol. The van der Waals surface area contributed by atoms with E-state index in [1.165, 1.54) is 60.2 Å². The summed E-state index contributed by atoms with van der Waals surface area (Å²) < 4.78 is 167. The SMILES string of the molecule is C=CC(=O)N1CC2CCOc3cnc4c(=O)n(-c5c(N)c(Cl)cc(Cl)c5F)c(C(F)(F)F)cc4c3N2CC1CC#N.C=CC(=O)N1CCN2c3c(cnc4c(=O)n(-c5c(N)c(Cl)cc(Cl)c5F)c(C(F)(F)F)cc34)NCCC2C1.C=CC(=O)N1CCN2c3c(cnc4c(=O)n(-c5c(N)c(Cl)cc(Cl)c5F)c(C)cc34)OCCC2C1.C=CC(=O)N1CCN2c3c(cnc4c(=O)n(-c5c(N)c(Cl)cc(Cl)c5F)ncc34)OCCC2C1. The van der Waals surface area contributed by atoms with Gasteiger partial charge in [-0.2, -0.15) is 41.4 Å². The number of rotatable bonds is 9. The Morgan fingerprint density at radius 2 is 0.770 bits per heavy atom. The molecule has 0 saturated carbocycles. The van der Waals surface area contributed by atoms with Crippen LogP contribution in [0.2, 0.25) is 40.2 Å². The van der Waals surface area contributed by atoms with Crippen LogP contribution < -0.4 is 84.3 Å². The van der Waals surface area contributed by atoms with Crippen LogP contribution in [0.25, 0.3) is 66.4 Å². The molecule has 4 amide bonds. The highest BCUT2D eigenvalue weighted by molar-refractivity contribution is 6.39. The maximum Gasteiger partial charge on any atom is 0.431 e. The van der Waals surface area contributed by atoms with Gasteiger partial charge in [0, 0.05) is 126 Å². The lowest BCUT2D eigenvalue weighted by Crippen LogP contribution is -2.59. The van der Waals surface area contributed by atoms with Crippen molar-refractivity contribution < 1.29 is 77.3 Å². The molecular weight excluding hydrogens is 2120 g/mol. The predicted molar refractivity (Wildman–Crippen MR) is 544 cm³/mol. The molecule has 4 saturated heterocycles. The van der Waals surface area contributed by atoms with Crippen molar-refractivity contribution in [2.45, 2.75) is 81.6 Å². The molecule has 8 aliphatic rings. The van der Waals surface area contributed by atoms with Crippen LogP contribution in [0.5, 0.6) is 17.2 Å². The van der Waals surface area contributed by atoms with Crippen molar-refractivity contribution in [1.82, 2.24) is 63.0 Å². The summed E-state index contributed by atoms with van der Waals surface area (Å²) in [5, 5.41) is 15.0. The van der Waals surface area contributed by atoms with Crippen LogP contribution in [0.3, 0.4) is 0 Å². The maximum absolute atomic E-state index is 15.2. The molecule has 8 aliphatic heterocycles. The van der Waals surface area contributed by atoms with Crippen LogP contribution in [0.4, 0.5) is 95.1 Å². The van der Waals surface area contributed by atoms with Crippen LogP contribution in [-0.2, 0) is 31.5 Å². The third kappa shape index (κ3) is 19.0. The average Bonchev–Trinajstić information content (AvgIpc) is 1.16. The first-order valence-corrected chi connectivity index (χ1v) is 48.1. The third-order valence-corrected chi connectivity index (χ3v) is 28.9. The van der Waals surface area contributed by atoms with E-state index >= 15 is 13.2 Å². The number of nitrogens with zero attached hydrogens (tertiary/aromatic N) is 18. The summed E-state index contributed by atoms with van der Waals surface area (Å²) in [6.45, 7) is 21.5. The van der Waals surface area contributed by atoms with E-state index in [1.807, 2.05) is 11.0 Å². The number of anilines is 9. The minimum atomic E-state index is -5.17. The summed E-state index contributed by atoms with van der Waals surface area (Å²) >= 11 is 47.7. The van der Waals surface area contributed by atoms with Crippen molar-refractivity contribution in [3.8, 4) is 46.1 Å². The first-order valence-electron chi connectivity index (χ1n) is 45.1. The molecular formula is C96H81Cl8F10N23O11. The Balaban J connectivity index is 0.000000135. The van der Waals surface area contributed by atoms with Gasteiger partial charge in [-0.25, -0.2) is 37.5 Å². The van der Waals surface area contributed by atoms with Gasteiger partial charge < -0.3 is 81.7 Å². The number of nitrogens with two attached hydrogens (primary N) is 4.